The molecule has 1 unspecified atom stereocenters. The summed E-state index contributed by atoms with van der Waals surface area (Å²) in [6, 6.07) is 5.23. The topological polar surface area (TPSA) is 64.4 Å². The van der Waals surface area contributed by atoms with Gasteiger partial charge in [0, 0.05) is 12.1 Å². The molecule has 1 aliphatic heterocycles. The maximum atomic E-state index is 10.9. The van der Waals surface area contributed by atoms with Crippen molar-refractivity contribution < 1.29 is 9.66 Å². The number of hydrogen-bond acceptors (Lipinski definition) is 4. The number of rotatable bonds is 4. The predicted molar refractivity (Wildman–Crippen MR) is 78.3 cm³/mol. The highest BCUT2D eigenvalue weighted by Crippen LogP contribution is 2.34. The summed E-state index contributed by atoms with van der Waals surface area (Å²) < 4.78 is 5.87. The molecule has 110 valence electrons. The first-order valence-electron chi connectivity index (χ1n) is 7.03. The van der Waals surface area contributed by atoms with Gasteiger partial charge in [-0.1, -0.05) is 20.8 Å². The first-order chi connectivity index (χ1) is 9.38. The van der Waals surface area contributed by atoms with E-state index in [0.717, 1.165) is 24.9 Å². The van der Waals surface area contributed by atoms with Crippen molar-refractivity contribution in [3.05, 3.63) is 33.9 Å². The highest BCUT2D eigenvalue weighted by molar-refractivity contribution is 5.47. The van der Waals surface area contributed by atoms with Crippen LogP contribution in [0.15, 0.2) is 18.2 Å². The summed E-state index contributed by atoms with van der Waals surface area (Å²) in [5.41, 5.74) is 0.974. The van der Waals surface area contributed by atoms with Gasteiger partial charge < -0.3 is 10.1 Å². The Labute approximate surface area is 119 Å². The van der Waals surface area contributed by atoms with Crippen LogP contribution in [0.4, 0.5) is 5.69 Å². The third-order valence-corrected chi connectivity index (χ3v) is 3.59. The number of nitro groups is 1. The summed E-state index contributed by atoms with van der Waals surface area (Å²) in [7, 11) is 0. The van der Waals surface area contributed by atoms with Crippen molar-refractivity contribution in [1.82, 2.24) is 5.32 Å². The van der Waals surface area contributed by atoms with Crippen LogP contribution in [0.1, 0.15) is 39.2 Å². The van der Waals surface area contributed by atoms with Crippen LogP contribution in [0.2, 0.25) is 0 Å². The van der Waals surface area contributed by atoms with Crippen LogP contribution in [0.5, 0.6) is 5.75 Å². The van der Waals surface area contributed by atoms with Gasteiger partial charge in [-0.3, -0.25) is 10.1 Å². The van der Waals surface area contributed by atoms with Gasteiger partial charge >= 0.3 is 0 Å². The lowest BCUT2D eigenvalue weighted by molar-refractivity contribution is -0.385. The number of nitrogens with one attached hydrogen (secondary N) is 1. The van der Waals surface area contributed by atoms with E-state index in [1.807, 2.05) is 0 Å². The monoisotopic (exact) mass is 278 g/mol. The predicted octanol–water partition coefficient (Wildman–Crippen LogP) is 3.02. The van der Waals surface area contributed by atoms with Gasteiger partial charge in [0.15, 0.2) is 0 Å². The Kier molecular flexibility index (Phi) is 4.28. The number of ether oxygens (including phenoxy) is 1. The van der Waals surface area contributed by atoms with Crippen molar-refractivity contribution in [1.29, 1.82) is 0 Å². The molecule has 0 aliphatic carbocycles. The summed E-state index contributed by atoms with van der Waals surface area (Å²) in [6.07, 6.45) is 2.26. The molecule has 1 aromatic rings. The number of nitro benzene ring substituents is 1. The fraction of sp³-hybridized carbons (Fsp3) is 0.600. The van der Waals surface area contributed by atoms with E-state index in [9.17, 15) is 10.1 Å². The normalized spacial score (nSPS) is 19.1. The van der Waals surface area contributed by atoms with E-state index in [1.54, 1.807) is 12.1 Å². The number of benzene rings is 1. The molecule has 20 heavy (non-hydrogen) atoms. The van der Waals surface area contributed by atoms with Gasteiger partial charge in [0.1, 0.15) is 12.4 Å². The Morgan fingerprint density at radius 1 is 1.45 bits per heavy atom. The van der Waals surface area contributed by atoms with Gasteiger partial charge in [0.2, 0.25) is 0 Å². The number of non-ortho nitro benzene ring substituents is 1. The van der Waals surface area contributed by atoms with Crippen molar-refractivity contribution in [3.8, 4) is 5.75 Å². The average Bonchev–Trinajstić information content (AvgIpc) is 2.87. The molecule has 1 atom stereocenters. The van der Waals surface area contributed by atoms with Gasteiger partial charge in [0.05, 0.1) is 11.0 Å². The molecule has 0 bridgehead atoms. The Morgan fingerprint density at radius 2 is 2.20 bits per heavy atom. The summed E-state index contributed by atoms with van der Waals surface area (Å²) in [5.74, 6) is 0.625. The molecule has 1 fully saturated rings. The van der Waals surface area contributed by atoms with E-state index in [2.05, 4.69) is 26.1 Å². The van der Waals surface area contributed by atoms with Crippen molar-refractivity contribution in [2.45, 2.75) is 45.1 Å². The minimum atomic E-state index is -0.382. The van der Waals surface area contributed by atoms with Gasteiger partial charge in [0.25, 0.3) is 5.69 Å². The van der Waals surface area contributed by atoms with Crippen LogP contribution in [0.25, 0.3) is 0 Å². The Morgan fingerprint density at radius 3 is 2.75 bits per heavy atom. The number of hydrogen-bond donors (Lipinski definition) is 1. The van der Waals surface area contributed by atoms with Crippen LogP contribution in [-0.4, -0.2) is 24.1 Å². The largest absolute Gasteiger partial charge is 0.491 e. The maximum Gasteiger partial charge on any atom is 0.273 e. The second kappa shape index (κ2) is 5.79. The minimum absolute atomic E-state index is 0.0763. The Balaban J connectivity index is 2.21. The second-order valence-corrected chi connectivity index (χ2v) is 6.29. The Bertz CT molecular complexity index is 488. The van der Waals surface area contributed by atoms with Crippen molar-refractivity contribution >= 4 is 5.69 Å². The summed E-state index contributed by atoms with van der Waals surface area (Å²) >= 11 is 0. The highest BCUT2D eigenvalue weighted by Gasteiger charge is 2.23. The molecule has 0 saturated carbocycles. The molecule has 1 saturated heterocycles. The van der Waals surface area contributed by atoms with E-state index in [0.29, 0.717) is 18.4 Å². The second-order valence-electron chi connectivity index (χ2n) is 6.29. The smallest absolute Gasteiger partial charge is 0.273 e. The van der Waals surface area contributed by atoms with Crippen molar-refractivity contribution in [3.63, 3.8) is 0 Å². The molecular formula is C15H22N2O3. The van der Waals surface area contributed by atoms with E-state index in [-0.39, 0.29) is 16.0 Å². The molecule has 0 radical (unpaired) electrons. The van der Waals surface area contributed by atoms with Crippen LogP contribution in [0, 0.1) is 10.1 Å². The molecule has 5 heteroatoms. The first-order valence-corrected chi connectivity index (χ1v) is 7.03. The molecule has 0 aromatic heterocycles. The minimum Gasteiger partial charge on any atom is -0.491 e. The third-order valence-electron chi connectivity index (χ3n) is 3.59. The Hall–Kier alpha value is -1.62. The SMILES string of the molecule is CC(C)(C)c1ccc([N+](=O)[O-])cc1OCC1CCCN1. The average molecular weight is 278 g/mol. The summed E-state index contributed by atoms with van der Waals surface area (Å²) in [5, 5.41) is 14.3. The van der Waals surface area contributed by atoms with Gasteiger partial charge in [-0.05, 0) is 36.4 Å². The molecule has 0 spiro atoms. The molecule has 1 aliphatic rings. The third kappa shape index (κ3) is 3.48. The van der Waals surface area contributed by atoms with E-state index >= 15 is 0 Å². The van der Waals surface area contributed by atoms with Crippen LogP contribution in [0.3, 0.4) is 0 Å². The highest BCUT2D eigenvalue weighted by atomic mass is 16.6. The molecule has 1 aromatic carbocycles. The first kappa shape index (κ1) is 14.8. The molecular weight excluding hydrogens is 256 g/mol. The van der Waals surface area contributed by atoms with E-state index in [4.69, 9.17) is 4.74 Å². The fourth-order valence-corrected chi connectivity index (χ4v) is 2.45. The van der Waals surface area contributed by atoms with Crippen LogP contribution < -0.4 is 10.1 Å². The van der Waals surface area contributed by atoms with Gasteiger partial charge in [-0.2, -0.15) is 0 Å². The maximum absolute atomic E-state index is 10.9. The standard InChI is InChI=1S/C15H22N2O3/c1-15(2,3)13-7-6-12(17(18)19)9-14(13)20-10-11-5-4-8-16-11/h6-7,9,11,16H,4-5,8,10H2,1-3H3. The zero-order chi connectivity index (χ0) is 14.8. The summed E-state index contributed by atoms with van der Waals surface area (Å²) in [4.78, 5) is 10.5. The van der Waals surface area contributed by atoms with E-state index < -0.39 is 0 Å². The van der Waals surface area contributed by atoms with E-state index in [1.165, 1.54) is 6.07 Å². The molecule has 1 N–H and O–H groups in total. The quantitative estimate of drug-likeness (QED) is 0.679. The lowest BCUT2D eigenvalue weighted by Gasteiger charge is -2.23. The zero-order valence-corrected chi connectivity index (χ0v) is 12.3. The van der Waals surface area contributed by atoms with Gasteiger partial charge in [-0.25, -0.2) is 0 Å². The summed E-state index contributed by atoms with van der Waals surface area (Å²) in [6.45, 7) is 7.82. The number of nitrogens with zero attached hydrogens (tertiary/aromatic N) is 1. The van der Waals surface area contributed by atoms with Crippen LogP contribution in [-0.2, 0) is 5.41 Å². The zero-order valence-electron chi connectivity index (χ0n) is 12.3. The van der Waals surface area contributed by atoms with Crippen molar-refractivity contribution in [2.75, 3.05) is 13.2 Å². The van der Waals surface area contributed by atoms with Gasteiger partial charge in [-0.15, -0.1) is 0 Å². The molecule has 2 rings (SSSR count). The molecule has 5 nitrogen and oxygen atoms in total. The fourth-order valence-electron chi connectivity index (χ4n) is 2.45. The van der Waals surface area contributed by atoms with Crippen molar-refractivity contribution in [2.24, 2.45) is 0 Å². The molecule has 0 amide bonds. The lowest BCUT2D eigenvalue weighted by Crippen LogP contribution is -2.28. The lowest BCUT2D eigenvalue weighted by atomic mass is 9.86. The molecule has 1 heterocycles. The van der Waals surface area contributed by atoms with Crippen LogP contribution >= 0.6 is 0 Å².